The molecule has 0 heterocycles. The van der Waals surface area contributed by atoms with Crippen LogP contribution in [0.15, 0.2) is 77.6 Å². The van der Waals surface area contributed by atoms with Crippen molar-refractivity contribution < 1.29 is 14.3 Å². The van der Waals surface area contributed by atoms with Gasteiger partial charge in [0.2, 0.25) is 0 Å². The number of carbonyl (C=O) groups is 1. The molecular formula is C24H30FN3O2. The van der Waals surface area contributed by atoms with E-state index >= 15 is 0 Å². The molecule has 2 N–H and O–H groups in total. The van der Waals surface area contributed by atoms with E-state index in [0.717, 1.165) is 47.8 Å². The van der Waals surface area contributed by atoms with Gasteiger partial charge >= 0.3 is 5.97 Å². The fourth-order valence-corrected chi connectivity index (χ4v) is 3.43. The molecule has 0 amide bonds. The van der Waals surface area contributed by atoms with Crippen LogP contribution in [-0.2, 0) is 4.79 Å². The molecule has 160 valence electrons. The van der Waals surface area contributed by atoms with Crippen LogP contribution in [0.4, 0.5) is 10.1 Å². The molecule has 2 rings (SSSR count). The number of aliphatic imine (C=N–C) groups is 1. The largest absolute Gasteiger partial charge is 0.481 e. The van der Waals surface area contributed by atoms with E-state index in [4.69, 9.17) is 5.11 Å². The third-order valence-electron chi connectivity index (χ3n) is 5.13. The molecule has 0 unspecified atom stereocenters. The highest BCUT2D eigenvalue weighted by atomic mass is 19.1. The van der Waals surface area contributed by atoms with Gasteiger partial charge in [0.05, 0.1) is 12.6 Å². The third-order valence-corrected chi connectivity index (χ3v) is 5.13. The number of anilines is 1. The summed E-state index contributed by atoms with van der Waals surface area (Å²) >= 11 is 0. The lowest BCUT2D eigenvalue weighted by Gasteiger charge is -2.26. The number of rotatable bonds is 10. The first kappa shape index (κ1) is 23.1. The van der Waals surface area contributed by atoms with Crippen molar-refractivity contribution in [2.45, 2.75) is 39.0 Å². The number of halogens is 1. The standard InChI is InChI=1S/C24H30FN3O2/c1-17-9-5-8-12-22(17)28(4)23(15-18(2)20-10-6-7-11-20)27-19(3)26-16-21(25)13-14-24(29)30/h5,8-9,12-13,15-16,20,27H,2-3,6-7,10-11,14H2,1,4H3,(H,29,30)/b21-13+,23-15-,26-16-. The zero-order valence-electron chi connectivity index (χ0n) is 17.7. The summed E-state index contributed by atoms with van der Waals surface area (Å²) in [6, 6.07) is 8.00. The van der Waals surface area contributed by atoms with Crippen molar-refractivity contribution in [2.24, 2.45) is 10.9 Å². The number of allylic oxidation sites excluding steroid dienone is 3. The summed E-state index contributed by atoms with van der Waals surface area (Å²) in [5.74, 6) is -0.405. The maximum atomic E-state index is 13.7. The minimum absolute atomic E-state index is 0.236. The summed E-state index contributed by atoms with van der Waals surface area (Å²) in [5, 5.41) is 11.8. The number of hydrogen-bond acceptors (Lipinski definition) is 4. The topological polar surface area (TPSA) is 64.9 Å². The van der Waals surface area contributed by atoms with Crippen molar-refractivity contribution in [1.82, 2.24) is 5.32 Å². The highest BCUT2D eigenvalue weighted by molar-refractivity contribution is 5.78. The van der Waals surface area contributed by atoms with E-state index in [1.54, 1.807) is 0 Å². The van der Waals surface area contributed by atoms with E-state index in [0.29, 0.717) is 5.92 Å². The Bertz CT molecular complexity index is 880. The van der Waals surface area contributed by atoms with Crippen LogP contribution in [0.3, 0.4) is 0 Å². The summed E-state index contributed by atoms with van der Waals surface area (Å²) in [6.07, 6.45) is 8.21. The lowest BCUT2D eigenvalue weighted by molar-refractivity contribution is -0.136. The lowest BCUT2D eigenvalue weighted by Crippen LogP contribution is -2.28. The number of benzene rings is 1. The van der Waals surface area contributed by atoms with Gasteiger partial charge in [-0.15, -0.1) is 0 Å². The van der Waals surface area contributed by atoms with Gasteiger partial charge < -0.3 is 15.3 Å². The molecular weight excluding hydrogens is 381 g/mol. The van der Waals surface area contributed by atoms with Crippen LogP contribution in [0.1, 0.15) is 37.7 Å². The Morgan fingerprint density at radius 3 is 2.63 bits per heavy atom. The van der Waals surface area contributed by atoms with Crippen LogP contribution < -0.4 is 10.2 Å². The first-order valence-corrected chi connectivity index (χ1v) is 10.0. The first-order chi connectivity index (χ1) is 14.3. The quantitative estimate of drug-likeness (QED) is 0.395. The third kappa shape index (κ3) is 7.03. The first-order valence-electron chi connectivity index (χ1n) is 10.0. The van der Waals surface area contributed by atoms with Crippen molar-refractivity contribution in [2.75, 3.05) is 11.9 Å². The number of carboxylic acid groups (broad SMARTS) is 1. The molecule has 1 aromatic rings. The fourth-order valence-electron chi connectivity index (χ4n) is 3.43. The summed E-state index contributed by atoms with van der Waals surface area (Å²) in [5.41, 5.74) is 3.16. The Kier molecular flexibility index (Phi) is 8.59. The second-order valence-electron chi connectivity index (χ2n) is 7.45. The Labute approximate surface area is 178 Å². The van der Waals surface area contributed by atoms with Crippen LogP contribution >= 0.6 is 0 Å². The van der Waals surface area contributed by atoms with E-state index in [1.807, 2.05) is 49.2 Å². The predicted molar refractivity (Wildman–Crippen MR) is 121 cm³/mol. The number of carboxylic acids is 1. The van der Waals surface area contributed by atoms with Crippen LogP contribution in [0.25, 0.3) is 0 Å². The van der Waals surface area contributed by atoms with Crippen LogP contribution in [0.5, 0.6) is 0 Å². The van der Waals surface area contributed by atoms with Crippen molar-refractivity contribution in [3.63, 3.8) is 0 Å². The number of aliphatic carboxylic acids is 1. The number of nitrogens with zero attached hydrogens (tertiary/aromatic N) is 2. The van der Waals surface area contributed by atoms with Crippen LogP contribution in [-0.4, -0.2) is 24.3 Å². The second kappa shape index (κ2) is 11.1. The maximum absolute atomic E-state index is 13.7. The molecule has 0 aromatic heterocycles. The monoisotopic (exact) mass is 411 g/mol. The molecule has 1 aliphatic rings. The molecule has 1 saturated carbocycles. The lowest BCUT2D eigenvalue weighted by atomic mass is 9.98. The molecule has 0 atom stereocenters. The van der Waals surface area contributed by atoms with Gasteiger partial charge in [-0.2, -0.15) is 0 Å². The van der Waals surface area contributed by atoms with Gasteiger partial charge in [0.25, 0.3) is 0 Å². The zero-order chi connectivity index (χ0) is 22.1. The fraction of sp³-hybridized carbons (Fsp3) is 0.333. The number of nitrogens with one attached hydrogen (secondary N) is 1. The molecule has 1 fully saturated rings. The maximum Gasteiger partial charge on any atom is 0.307 e. The van der Waals surface area contributed by atoms with E-state index in [-0.39, 0.29) is 5.82 Å². The number of para-hydroxylation sites is 1. The van der Waals surface area contributed by atoms with E-state index in [1.165, 1.54) is 12.8 Å². The van der Waals surface area contributed by atoms with Gasteiger partial charge in [-0.3, -0.25) is 4.79 Å². The smallest absolute Gasteiger partial charge is 0.307 e. The van der Waals surface area contributed by atoms with Gasteiger partial charge in [-0.05, 0) is 55.0 Å². The molecule has 1 aliphatic carbocycles. The molecule has 6 heteroatoms. The van der Waals surface area contributed by atoms with E-state index in [9.17, 15) is 9.18 Å². The molecule has 0 saturated heterocycles. The normalized spacial score (nSPS) is 15.4. The van der Waals surface area contributed by atoms with E-state index < -0.39 is 18.2 Å². The summed E-state index contributed by atoms with van der Waals surface area (Å²) in [6.45, 7) is 10.1. The molecule has 0 radical (unpaired) electrons. The minimum Gasteiger partial charge on any atom is -0.481 e. The molecule has 0 bridgehead atoms. The molecule has 30 heavy (non-hydrogen) atoms. The van der Waals surface area contributed by atoms with Gasteiger partial charge in [0, 0.05) is 12.7 Å². The van der Waals surface area contributed by atoms with Crippen molar-refractivity contribution in [3.8, 4) is 0 Å². The average molecular weight is 412 g/mol. The van der Waals surface area contributed by atoms with Gasteiger partial charge in [0.1, 0.15) is 17.5 Å². The minimum atomic E-state index is -1.11. The summed E-state index contributed by atoms with van der Waals surface area (Å²) in [4.78, 5) is 16.5. The average Bonchev–Trinajstić information content (AvgIpc) is 3.25. The van der Waals surface area contributed by atoms with Crippen molar-refractivity contribution >= 4 is 17.9 Å². The van der Waals surface area contributed by atoms with Gasteiger partial charge in [0.15, 0.2) is 0 Å². The van der Waals surface area contributed by atoms with Crippen LogP contribution in [0.2, 0.25) is 0 Å². The van der Waals surface area contributed by atoms with E-state index in [2.05, 4.69) is 23.5 Å². The van der Waals surface area contributed by atoms with Gasteiger partial charge in [-0.25, -0.2) is 9.38 Å². The highest BCUT2D eigenvalue weighted by Crippen LogP contribution is 2.32. The SMILES string of the molecule is C=C(/N=C\C(F)=C/CC(=O)O)N/C(=C/C(=C)C1CCCC1)N(C)c1ccccc1C. The second-order valence-corrected chi connectivity index (χ2v) is 7.45. The van der Waals surface area contributed by atoms with Crippen LogP contribution in [0, 0.1) is 12.8 Å². The Hall–Kier alpha value is -3.15. The molecule has 0 spiro atoms. The van der Waals surface area contributed by atoms with Crippen molar-refractivity contribution in [1.29, 1.82) is 0 Å². The predicted octanol–water partition coefficient (Wildman–Crippen LogP) is 5.48. The summed E-state index contributed by atoms with van der Waals surface area (Å²) in [7, 11) is 1.94. The molecule has 1 aromatic carbocycles. The summed E-state index contributed by atoms with van der Waals surface area (Å²) < 4.78 is 13.7. The highest BCUT2D eigenvalue weighted by Gasteiger charge is 2.18. The molecule has 0 aliphatic heterocycles. The molecule has 5 nitrogen and oxygen atoms in total. The van der Waals surface area contributed by atoms with Crippen molar-refractivity contribution in [3.05, 3.63) is 78.2 Å². The van der Waals surface area contributed by atoms with Gasteiger partial charge in [-0.1, -0.05) is 44.2 Å². The Balaban J connectivity index is 2.21. The zero-order valence-corrected chi connectivity index (χ0v) is 17.7. The Morgan fingerprint density at radius 2 is 2.00 bits per heavy atom. The Morgan fingerprint density at radius 1 is 1.33 bits per heavy atom. The number of aryl methyl sites for hydroxylation is 1. The number of hydrogen-bond donors (Lipinski definition) is 2.